The van der Waals surface area contributed by atoms with Crippen molar-refractivity contribution in [2.24, 2.45) is 0 Å². The molecule has 8 nitrogen and oxygen atoms in total. The molecule has 1 N–H and O–H groups in total. The van der Waals surface area contributed by atoms with Crippen LogP contribution in [0.25, 0.3) is 0 Å². The van der Waals surface area contributed by atoms with Crippen LogP contribution in [-0.4, -0.2) is 40.7 Å². The van der Waals surface area contributed by atoms with E-state index in [-0.39, 0.29) is 0 Å². The third-order valence-electron chi connectivity index (χ3n) is 5.32. The van der Waals surface area contributed by atoms with Crippen molar-refractivity contribution in [2.45, 2.75) is 31.7 Å². The van der Waals surface area contributed by atoms with E-state index < -0.39 is 12.0 Å². The monoisotopic (exact) mass is 544 g/mol. The topological polar surface area (TPSA) is 87.5 Å². The number of esters is 1. The lowest BCUT2D eigenvalue weighted by Crippen LogP contribution is -2.29. The molecule has 2 heterocycles. The predicted molar refractivity (Wildman–Crippen MR) is 134 cm³/mol. The van der Waals surface area contributed by atoms with Crippen molar-refractivity contribution < 1.29 is 19.0 Å². The zero-order valence-electron chi connectivity index (χ0n) is 19.3. The van der Waals surface area contributed by atoms with Gasteiger partial charge in [-0.15, -0.1) is 5.10 Å². The van der Waals surface area contributed by atoms with Crippen LogP contribution < -0.4 is 14.8 Å². The van der Waals surface area contributed by atoms with Crippen molar-refractivity contribution in [3.05, 3.63) is 69.3 Å². The van der Waals surface area contributed by atoms with Crippen molar-refractivity contribution in [2.75, 3.05) is 25.3 Å². The van der Waals surface area contributed by atoms with Crippen LogP contribution in [-0.2, 0) is 16.1 Å². The van der Waals surface area contributed by atoms with Crippen molar-refractivity contribution in [1.29, 1.82) is 0 Å². The summed E-state index contributed by atoms with van der Waals surface area (Å²) in [6, 6.07) is 13.0. The Bertz CT molecular complexity index is 1230. The van der Waals surface area contributed by atoms with Crippen LogP contribution in [0.2, 0.25) is 0 Å². The van der Waals surface area contributed by atoms with E-state index in [0.29, 0.717) is 40.5 Å². The van der Waals surface area contributed by atoms with Crippen LogP contribution in [0.4, 0.5) is 5.95 Å². The molecule has 34 heavy (non-hydrogen) atoms. The second-order valence-electron chi connectivity index (χ2n) is 7.48. The highest BCUT2D eigenvalue weighted by atomic mass is 79.9. The molecule has 0 bridgehead atoms. The third kappa shape index (κ3) is 4.92. The summed E-state index contributed by atoms with van der Waals surface area (Å²) in [6.45, 7) is 4.27. The first-order valence-corrected chi connectivity index (χ1v) is 12.4. The molecule has 1 unspecified atom stereocenters. The van der Waals surface area contributed by atoms with Gasteiger partial charge in [-0.1, -0.05) is 52.8 Å². The Labute approximate surface area is 210 Å². The van der Waals surface area contributed by atoms with Crippen molar-refractivity contribution in [3.63, 3.8) is 0 Å². The van der Waals surface area contributed by atoms with Gasteiger partial charge in [-0.2, -0.15) is 4.98 Å². The van der Waals surface area contributed by atoms with E-state index in [1.807, 2.05) is 56.3 Å². The first-order valence-electron chi connectivity index (χ1n) is 10.7. The minimum Gasteiger partial charge on any atom is -0.493 e. The minimum absolute atomic E-state index is 0.396. The lowest BCUT2D eigenvalue weighted by Gasteiger charge is -2.28. The predicted octanol–water partition coefficient (Wildman–Crippen LogP) is 5.20. The Kier molecular flexibility index (Phi) is 7.47. The molecule has 0 aliphatic carbocycles. The smallest absolute Gasteiger partial charge is 0.338 e. The van der Waals surface area contributed by atoms with Crippen molar-refractivity contribution in [3.8, 4) is 11.5 Å². The Morgan fingerprint density at radius 3 is 2.62 bits per heavy atom. The fourth-order valence-corrected chi connectivity index (χ4v) is 4.54. The molecule has 0 radical (unpaired) electrons. The van der Waals surface area contributed by atoms with E-state index in [1.54, 1.807) is 11.8 Å². The quantitative estimate of drug-likeness (QED) is 0.305. The number of carbonyl (C=O) groups excluding carboxylic acids is 1. The van der Waals surface area contributed by atoms with Crippen LogP contribution in [0.1, 0.15) is 31.0 Å². The lowest BCUT2D eigenvalue weighted by molar-refractivity contribution is -0.136. The van der Waals surface area contributed by atoms with E-state index in [0.717, 1.165) is 21.4 Å². The highest BCUT2D eigenvalue weighted by molar-refractivity contribution is 9.10. The van der Waals surface area contributed by atoms with Gasteiger partial charge < -0.3 is 19.5 Å². The molecular formula is C24H25BrN4O4S. The summed E-state index contributed by atoms with van der Waals surface area (Å²) in [5.41, 5.74) is 2.96. The second-order valence-corrected chi connectivity index (χ2v) is 9.63. The lowest BCUT2D eigenvalue weighted by atomic mass is 9.95. The first-order chi connectivity index (χ1) is 16.4. The van der Waals surface area contributed by atoms with Gasteiger partial charge >= 0.3 is 5.97 Å². The molecule has 10 heteroatoms. The molecule has 178 valence electrons. The maximum Gasteiger partial charge on any atom is 0.338 e. The van der Waals surface area contributed by atoms with Gasteiger partial charge in [0, 0.05) is 10.2 Å². The van der Waals surface area contributed by atoms with Gasteiger partial charge in [0.15, 0.2) is 11.5 Å². The number of carbonyl (C=O) groups is 1. The molecule has 0 saturated heterocycles. The summed E-state index contributed by atoms with van der Waals surface area (Å²) < 4.78 is 19.5. The normalized spacial score (nSPS) is 14.9. The Balaban J connectivity index is 1.70. The molecule has 2 aromatic carbocycles. The van der Waals surface area contributed by atoms with Crippen molar-refractivity contribution >= 4 is 39.6 Å². The molecule has 1 atom stereocenters. The van der Waals surface area contributed by atoms with E-state index >= 15 is 0 Å². The number of aromatic nitrogens is 3. The molecule has 3 aromatic rings. The minimum atomic E-state index is -0.531. The average molecular weight is 545 g/mol. The van der Waals surface area contributed by atoms with Crippen LogP contribution >= 0.6 is 27.7 Å². The molecule has 4 rings (SSSR count). The molecule has 0 saturated carbocycles. The summed E-state index contributed by atoms with van der Waals surface area (Å²) >= 11 is 4.97. The first kappa shape index (κ1) is 24.2. The number of allylic oxidation sites excluding steroid dienone is 1. The zero-order chi connectivity index (χ0) is 24.2. The summed E-state index contributed by atoms with van der Waals surface area (Å²) in [5, 5.41) is 8.47. The van der Waals surface area contributed by atoms with Gasteiger partial charge in [0.25, 0.3) is 0 Å². The summed E-state index contributed by atoms with van der Waals surface area (Å²) in [5.74, 6) is 2.13. The van der Waals surface area contributed by atoms with Crippen LogP contribution in [0.15, 0.2) is 63.4 Å². The Morgan fingerprint density at radius 2 is 1.94 bits per heavy atom. The molecule has 0 spiro atoms. The van der Waals surface area contributed by atoms with Gasteiger partial charge in [0.2, 0.25) is 11.1 Å². The van der Waals surface area contributed by atoms with Crippen molar-refractivity contribution in [1.82, 2.24) is 14.8 Å². The number of hydrogen-bond acceptors (Lipinski definition) is 8. The number of nitrogens with one attached hydrogen (secondary N) is 1. The van der Waals surface area contributed by atoms with E-state index in [2.05, 4.69) is 31.3 Å². The molecular weight excluding hydrogens is 520 g/mol. The molecule has 0 fully saturated rings. The van der Waals surface area contributed by atoms with Crippen LogP contribution in [0.5, 0.6) is 11.5 Å². The number of halogens is 1. The number of benzene rings is 2. The zero-order valence-corrected chi connectivity index (χ0v) is 21.7. The number of methoxy groups -OCH3 is 2. The Hall–Kier alpha value is -2.98. The third-order valence-corrected chi connectivity index (χ3v) is 6.57. The van der Waals surface area contributed by atoms with E-state index in [4.69, 9.17) is 14.2 Å². The van der Waals surface area contributed by atoms with Crippen LogP contribution in [0, 0.1) is 0 Å². The number of ether oxygens (including phenoxy) is 3. The van der Waals surface area contributed by atoms with Gasteiger partial charge in [-0.25, -0.2) is 9.48 Å². The highest BCUT2D eigenvalue weighted by Gasteiger charge is 2.35. The maximum absolute atomic E-state index is 12.8. The standard InChI is InChI=1S/C24H25BrN4O4S/c1-5-34-24-27-23-26-14(2)20(22(30)32-4)21(29(23)28-24)16-8-11-18(19(12-16)31-3)33-13-15-6-9-17(25)10-7-15/h6-12,21H,5,13H2,1-4H3,(H,26,27,28). The second kappa shape index (κ2) is 10.5. The van der Waals surface area contributed by atoms with Gasteiger partial charge in [0.1, 0.15) is 12.6 Å². The fraction of sp³-hybridized carbons (Fsp3) is 0.292. The largest absolute Gasteiger partial charge is 0.493 e. The Morgan fingerprint density at radius 1 is 1.18 bits per heavy atom. The van der Waals surface area contributed by atoms with Gasteiger partial charge in [0.05, 0.1) is 19.8 Å². The van der Waals surface area contributed by atoms with E-state index in [1.165, 1.54) is 18.9 Å². The van der Waals surface area contributed by atoms with Gasteiger partial charge in [-0.05, 0) is 48.1 Å². The van der Waals surface area contributed by atoms with E-state index in [9.17, 15) is 4.79 Å². The number of rotatable bonds is 8. The summed E-state index contributed by atoms with van der Waals surface area (Å²) in [6.07, 6.45) is 0. The summed E-state index contributed by atoms with van der Waals surface area (Å²) in [4.78, 5) is 17.3. The molecule has 0 amide bonds. The SMILES string of the molecule is CCSc1nc2n(n1)C(c1ccc(OCc3ccc(Br)cc3)c(OC)c1)C(C(=O)OC)=C(C)N2. The van der Waals surface area contributed by atoms with Gasteiger partial charge in [-0.3, -0.25) is 0 Å². The average Bonchev–Trinajstić information content (AvgIpc) is 3.24. The fourth-order valence-electron chi connectivity index (χ4n) is 3.72. The number of nitrogens with zero attached hydrogens (tertiary/aromatic N) is 3. The maximum atomic E-state index is 12.8. The number of thioether (sulfide) groups is 1. The summed E-state index contributed by atoms with van der Waals surface area (Å²) in [7, 11) is 2.96. The number of hydrogen-bond donors (Lipinski definition) is 1. The molecule has 1 aromatic heterocycles. The van der Waals surface area contributed by atoms with Crippen LogP contribution in [0.3, 0.4) is 0 Å². The highest BCUT2D eigenvalue weighted by Crippen LogP contribution is 2.39. The number of anilines is 1. The molecule has 1 aliphatic heterocycles. The molecule has 1 aliphatic rings. The number of fused-ring (bicyclic) bond motifs is 1.